The molecular formula is C15H17N3O2. The summed E-state index contributed by atoms with van der Waals surface area (Å²) in [5.41, 5.74) is 2.08. The molecule has 5 heteroatoms. The molecule has 2 rings (SSSR count). The van der Waals surface area contributed by atoms with Gasteiger partial charge < -0.3 is 9.84 Å². The molecule has 0 fully saturated rings. The average Bonchev–Trinajstić information content (AvgIpc) is 2.92. The van der Waals surface area contributed by atoms with Gasteiger partial charge in [-0.25, -0.2) is 0 Å². The maximum absolute atomic E-state index is 11.4. The molecule has 0 atom stereocenters. The maximum Gasteiger partial charge on any atom is 0.227 e. The van der Waals surface area contributed by atoms with Crippen LogP contribution < -0.4 is 5.32 Å². The van der Waals surface area contributed by atoms with Crippen LogP contribution in [0, 0.1) is 6.92 Å². The van der Waals surface area contributed by atoms with E-state index in [2.05, 4.69) is 22.0 Å². The molecule has 0 aliphatic carbocycles. The Morgan fingerprint density at radius 1 is 1.40 bits per heavy atom. The van der Waals surface area contributed by atoms with Crippen LogP contribution in [-0.2, 0) is 11.2 Å². The van der Waals surface area contributed by atoms with Crippen molar-refractivity contribution in [2.45, 2.75) is 19.8 Å². The molecule has 1 aromatic heterocycles. The first-order chi connectivity index (χ1) is 9.69. The van der Waals surface area contributed by atoms with E-state index in [0.717, 1.165) is 5.56 Å². The van der Waals surface area contributed by atoms with E-state index < -0.39 is 0 Å². The lowest BCUT2D eigenvalue weighted by molar-refractivity contribution is -0.120. The molecule has 0 aliphatic heterocycles. The van der Waals surface area contributed by atoms with E-state index in [4.69, 9.17) is 4.52 Å². The first kappa shape index (κ1) is 14.0. The number of amides is 1. The Labute approximate surface area is 117 Å². The smallest absolute Gasteiger partial charge is 0.227 e. The third-order valence-corrected chi connectivity index (χ3v) is 2.79. The summed E-state index contributed by atoms with van der Waals surface area (Å²) in [7, 11) is 0. The van der Waals surface area contributed by atoms with Gasteiger partial charge in [0, 0.05) is 24.9 Å². The molecule has 0 unspecified atom stereocenters. The van der Waals surface area contributed by atoms with E-state index in [0.29, 0.717) is 31.1 Å². The van der Waals surface area contributed by atoms with Gasteiger partial charge in [-0.15, -0.1) is 6.58 Å². The largest absolute Gasteiger partial charge is 0.353 e. The average molecular weight is 271 g/mol. The number of aryl methyl sites for hydroxylation is 2. The number of hydrogen-bond acceptors (Lipinski definition) is 4. The molecule has 2 aromatic rings. The van der Waals surface area contributed by atoms with Gasteiger partial charge in [-0.2, -0.15) is 4.98 Å². The van der Waals surface area contributed by atoms with Gasteiger partial charge in [0.25, 0.3) is 0 Å². The zero-order chi connectivity index (χ0) is 14.4. The highest BCUT2D eigenvalue weighted by Crippen LogP contribution is 2.16. The maximum atomic E-state index is 11.4. The lowest BCUT2D eigenvalue weighted by Gasteiger charge is -1.98. The summed E-state index contributed by atoms with van der Waals surface area (Å²) in [4.78, 5) is 15.7. The molecule has 0 radical (unpaired) electrons. The number of rotatable bonds is 6. The molecule has 5 nitrogen and oxygen atoms in total. The third kappa shape index (κ3) is 3.78. The number of carbonyl (C=O) groups excluding carboxylic acids is 1. The Hall–Kier alpha value is -2.43. The lowest BCUT2D eigenvalue weighted by atomic mass is 10.1. The van der Waals surface area contributed by atoms with Crippen LogP contribution in [0.2, 0.25) is 0 Å². The standard InChI is InChI=1S/C15H17N3O2/c1-3-10-16-13(19)8-9-14-17-15(18-20-14)12-6-4-11(2)5-7-12/h3-7H,1,8-10H2,2H3,(H,16,19). The van der Waals surface area contributed by atoms with E-state index in [1.165, 1.54) is 5.56 Å². The fourth-order valence-electron chi connectivity index (χ4n) is 1.67. The van der Waals surface area contributed by atoms with Gasteiger partial charge in [-0.3, -0.25) is 4.79 Å². The number of aromatic nitrogens is 2. The predicted octanol–water partition coefficient (Wildman–Crippen LogP) is 2.28. The second-order valence-corrected chi connectivity index (χ2v) is 4.47. The number of hydrogen-bond donors (Lipinski definition) is 1. The van der Waals surface area contributed by atoms with Crippen molar-refractivity contribution in [3.05, 3.63) is 48.4 Å². The van der Waals surface area contributed by atoms with E-state index in [1.54, 1.807) is 6.08 Å². The Balaban J connectivity index is 1.94. The minimum absolute atomic E-state index is 0.0556. The number of nitrogens with one attached hydrogen (secondary N) is 1. The van der Waals surface area contributed by atoms with Crippen molar-refractivity contribution < 1.29 is 9.32 Å². The highest BCUT2D eigenvalue weighted by Gasteiger charge is 2.10. The monoisotopic (exact) mass is 271 g/mol. The SMILES string of the molecule is C=CCNC(=O)CCc1nc(-c2ccc(C)cc2)no1. The molecule has 0 aliphatic rings. The number of nitrogens with zero attached hydrogens (tertiary/aromatic N) is 2. The van der Waals surface area contributed by atoms with Gasteiger partial charge in [0.1, 0.15) is 0 Å². The molecule has 0 saturated heterocycles. The topological polar surface area (TPSA) is 68.0 Å². The van der Waals surface area contributed by atoms with E-state index in [1.807, 2.05) is 31.2 Å². The van der Waals surface area contributed by atoms with Crippen LogP contribution in [-0.4, -0.2) is 22.6 Å². The van der Waals surface area contributed by atoms with Crippen molar-refractivity contribution in [1.82, 2.24) is 15.5 Å². The van der Waals surface area contributed by atoms with Gasteiger partial charge in [-0.1, -0.05) is 41.1 Å². The van der Waals surface area contributed by atoms with Crippen LogP contribution in [0.3, 0.4) is 0 Å². The summed E-state index contributed by atoms with van der Waals surface area (Å²) in [5.74, 6) is 0.959. The molecule has 20 heavy (non-hydrogen) atoms. The highest BCUT2D eigenvalue weighted by atomic mass is 16.5. The number of carbonyl (C=O) groups is 1. The van der Waals surface area contributed by atoms with Gasteiger partial charge in [0.05, 0.1) is 0 Å². The molecule has 1 heterocycles. The lowest BCUT2D eigenvalue weighted by Crippen LogP contribution is -2.23. The van der Waals surface area contributed by atoms with Crippen molar-refractivity contribution in [2.24, 2.45) is 0 Å². The van der Waals surface area contributed by atoms with E-state index >= 15 is 0 Å². The molecule has 1 amide bonds. The van der Waals surface area contributed by atoms with E-state index in [9.17, 15) is 4.79 Å². The van der Waals surface area contributed by atoms with Gasteiger partial charge in [0.2, 0.25) is 17.6 Å². The Morgan fingerprint density at radius 2 is 2.15 bits per heavy atom. The first-order valence-corrected chi connectivity index (χ1v) is 6.46. The Kier molecular flexibility index (Phi) is 4.65. The van der Waals surface area contributed by atoms with Crippen LogP contribution in [0.1, 0.15) is 17.9 Å². The van der Waals surface area contributed by atoms with Crippen LogP contribution in [0.15, 0.2) is 41.4 Å². The first-order valence-electron chi connectivity index (χ1n) is 6.46. The van der Waals surface area contributed by atoms with Crippen LogP contribution in [0.25, 0.3) is 11.4 Å². The molecule has 0 bridgehead atoms. The summed E-state index contributed by atoms with van der Waals surface area (Å²) in [5, 5.41) is 6.62. The Morgan fingerprint density at radius 3 is 2.85 bits per heavy atom. The molecular weight excluding hydrogens is 254 g/mol. The fourth-order valence-corrected chi connectivity index (χ4v) is 1.67. The van der Waals surface area contributed by atoms with Gasteiger partial charge in [0.15, 0.2) is 0 Å². The van der Waals surface area contributed by atoms with Crippen LogP contribution in [0.5, 0.6) is 0 Å². The zero-order valence-electron chi connectivity index (χ0n) is 11.4. The minimum Gasteiger partial charge on any atom is -0.353 e. The van der Waals surface area contributed by atoms with Crippen LogP contribution >= 0.6 is 0 Å². The molecule has 104 valence electrons. The summed E-state index contributed by atoms with van der Waals surface area (Å²) in [6, 6.07) is 7.88. The summed E-state index contributed by atoms with van der Waals surface area (Å²) in [6.45, 7) is 6.03. The van der Waals surface area contributed by atoms with E-state index in [-0.39, 0.29) is 5.91 Å². The molecule has 0 saturated carbocycles. The van der Waals surface area contributed by atoms with Crippen molar-refractivity contribution in [1.29, 1.82) is 0 Å². The third-order valence-electron chi connectivity index (χ3n) is 2.79. The molecule has 1 N–H and O–H groups in total. The van der Waals surface area contributed by atoms with Crippen molar-refractivity contribution in [2.75, 3.05) is 6.54 Å². The fraction of sp³-hybridized carbons (Fsp3) is 0.267. The van der Waals surface area contributed by atoms with Gasteiger partial charge >= 0.3 is 0 Å². The van der Waals surface area contributed by atoms with Crippen molar-refractivity contribution >= 4 is 5.91 Å². The minimum atomic E-state index is -0.0556. The Bertz CT molecular complexity index is 587. The second kappa shape index (κ2) is 6.65. The summed E-state index contributed by atoms with van der Waals surface area (Å²) in [6.07, 6.45) is 2.39. The molecule has 0 spiro atoms. The zero-order valence-corrected chi connectivity index (χ0v) is 11.4. The highest BCUT2D eigenvalue weighted by molar-refractivity contribution is 5.76. The summed E-state index contributed by atoms with van der Waals surface area (Å²) < 4.78 is 5.14. The quantitative estimate of drug-likeness (QED) is 0.818. The molecule has 1 aromatic carbocycles. The predicted molar refractivity (Wildman–Crippen MR) is 76.0 cm³/mol. The van der Waals surface area contributed by atoms with Crippen molar-refractivity contribution in [3.63, 3.8) is 0 Å². The normalized spacial score (nSPS) is 10.2. The number of benzene rings is 1. The summed E-state index contributed by atoms with van der Waals surface area (Å²) >= 11 is 0. The van der Waals surface area contributed by atoms with Crippen molar-refractivity contribution in [3.8, 4) is 11.4 Å². The van der Waals surface area contributed by atoms with Crippen LogP contribution in [0.4, 0.5) is 0 Å². The van der Waals surface area contributed by atoms with Gasteiger partial charge in [-0.05, 0) is 6.92 Å². The second-order valence-electron chi connectivity index (χ2n) is 4.47.